The van der Waals surface area contributed by atoms with Crippen molar-refractivity contribution in [3.8, 4) is 5.75 Å². The number of halogens is 3. The summed E-state index contributed by atoms with van der Waals surface area (Å²) in [5.74, 6) is -0.263. The number of aliphatic hydroxyl groups excluding tert-OH is 1. The van der Waals surface area contributed by atoms with Crippen LogP contribution in [0.2, 0.25) is 0 Å². The maximum atomic E-state index is 12.0. The van der Waals surface area contributed by atoms with Crippen molar-refractivity contribution >= 4 is 0 Å². The topological polar surface area (TPSA) is 38.7 Å². The third-order valence-electron chi connectivity index (χ3n) is 3.30. The van der Waals surface area contributed by atoms with E-state index in [0.29, 0.717) is 6.42 Å². The quantitative estimate of drug-likeness (QED) is 0.926. The average Bonchev–Trinajstić information content (AvgIpc) is 2.77. The number of hydrogen-bond acceptors (Lipinski definition) is 3. The Bertz CT molecular complexity index is 430. The Balaban J connectivity index is 1.90. The third-order valence-corrected chi connectivity index (χ3v) is 3.30. The first-order chi connectivity index (χ1) is 9.33. The number of aliphatic hydroxyl groups is 1. The number of hydrogen-bond donors (Lipinski definition) is 1. The lowest BCUT2D eigenvalue weighted by Crippen LogP contribution is -2.28. The van der Waals surface area contributed by atoms with E-state index in [4.69, 9.17) is 4.74 Å². The molecule has 3 nitrogen and oxygen atoms in total. The molecule has 20 heavy (non-hydrogen) atoms. The molecule has 2 rings (SSSR count). The van der Waals surface area contributed by atoms with E-state index >= 15 is 0 Å². The lowest BCUT2D eigenvalue weighted by atomic mass is 10.0. The van der Waals surface area contributed by atoms with Crippen LogP contribution in [-0.4, -0.2) is 29.8 Å². The first-order valence-electron chi connectivity index (χ1n) is 6.52. The minimum absolute atomic E-state index is 0.150. The Labute approximate surface area is 115 Å². The molecule has 1 aliphatic heterocycles. The summed E-state index contributed by atoms with van der Waals surface area (Å²) >= 11 is 0. The molecule has 1 saturated heterocycles. The van der Waals surface area contributed by atoms with Gasteiger partial charge in [-0.3, -0.25) is 0 Å². The smallest absolute Gasteiger partial charge is 0.406 e. The zero-order valence-electron chi connectivity index (χ0n) is 11.1. The van der Waals surface area contributed by atoms with Crippen molar-refractivity contribution in [2.24, 2.45) is 0 Å². The SMILES string of the molecule is CC1CCC(C(O)Cc2ccc(OC(F)(F)F)cc2)O1. The van der Waals surface area contributed by atoms with Crippen LogP contribution in [0.5, 0.6) is 5.75 Å². The Hall–Kier alpha value is -1.27. The molecule has 0 saturated carbocycles. The fourth-order valence-electron chi connectivity index (χ4n) is 2.32. The molecule has 1 fully saturated rings. The molecule has 112 valence electrons. The lowest BCUT2D eigenvalue weighted by molar-refractivity contribution is -0.274. The van der Waals surface area contributed by atoms with Crippen LogP contribution in [0.15, 0.2) is 24.3 Å². The lowest BCUT2D eigenvalue weighted by Gasteiger charge is -2.18. The van der Waals surface area contributed by atoms with Gasteiger partial charge in [0, 0.05) is 6.42 Å². The van der Waals surface area contributed by atoms with Crippen molar-refractivity contribution in [3.05, 3.63) is 29.8 Å². The first kappa shape index (κ1) is 15.1. The zero-order valence-corrected chi connectivity index (χ0v) is 11.1. The van der Waals surface area contributed by atoms with Crippen LogP contribution >= 0.6 is 0 Å². The minimum Gasteiger partial charge on any atom is -0.406 e. The van der Waals surface area contributed by atoms with Gasteiger partial charge in [-0.2, -0.15) is 0 Å². The second-order valence-corrected chi connectivity index (χ2v) is 5.03. The van der Waals surface area contributed by atoms with Crippen molar-refractivity contribution in [3.63, 3.8) is 0 Å². The summed E-state index contributed by atoms with van der Waals surface area (Å²) in [6.07, 6.45) is -3.31. The van der Waals surface area contributed by atoms with E-state index in [1.807, 2.05) is 6.92 Å². The third kappa shape index (κ3) is 4.38. The number of benzene rings is 1. The Kier molecular flexibility index (Phi) is 4.55. The van der Waals surface area contributed by atoms with Gasteiger partial charge in [0.1, 0.15) is 5.75 Å². The summed E-state index contributed by atoms with van der Waals surface area (Å²) in [7, 11) is 0. The zero-order chi connectivity index (χ0) is 14.8. The van der Waals surface area contributed by atoms with Crippen LogP contribution in [-0.2, 0) is 11.2 Å². The van der Waals surface area contributed by atoms with E-state index in [-0.39, 0.29) is 18.0 Å². The Morgan fingerprint density at radius 1 is 1.30 bits per heavy atom. The van der Waals surface area contributed by atoms with Gasteiger partial charge in [0.15, 0.2) is 0 Å². The summed E-state index contributed by atoms with van der Waals surface area (Å²) in [4.78, 5) is 0. The Morgan fingerprint density at radius 2 is 1.95 bits per heavy atom. The predicted octanol–water partition coefficient (Wildman–Crippen LogP) is 3.06. The van der Waals surface area contributed by atoms with Crippen molar-refractivity contribution in [1.82, 2.24) is 0 Å². The second kappa shape index (κ2) is 6.01. The van der Waals surface area contributed by atoms with Gasteiger partial charge in [-0.15, -0.1) is 13.2 Å². The van der Waals surface area contributed by atoms with Gasteiger partial charge >= 0.3 is 6.36 Å². The highest BCUT2D eigenvalue weighted by molar-refractivity contribution is 5.27. The standard InChI is InChI=1S/C14H17F3O3/c1-9-2-7-13(19-9)12(18)8-10-3-5-11(6-4-10)20-14(15,16)17/h3-6,9,12-13,18H,2,7-8H2,1H3. The molecular weight excluding hydrogens is 273 g/mol. The van der Waals surface area contributed by atoms with E-state index in [9.17, 15) is 18.3 Å². The molecule has 1 N–H and O–H groups in total. The number of ether oxygens (including phenoxy) is 2. The van der Waals surface area contributed by atoms with Gasteiger partial charge in [0.2, 0.25) is 0 Å². The van der Waals surface area contributed by atoms with Crippen LogP contribution in [0.3, 0.4) is 0 Å². The van der Waals surface area contributed by atoms with E-state index in [2.05, 4.69) is 4.74 Å². The Morgan fingerprint density at radius 3 is 2.45 bits per heavy atom. The van der Waals surface area contributed by atoms with E-state index in [1.54, 1.807) is 0 Å². The van der Waals surface area contributed by atoms with Crippen LogP contribution < -0.4 is 4.74 Å². The average molecular weight is 290 g/mol. The normalized spacial score (nSPS) is 24.6. The largest absolute Gasteiger partial charge is 0.573 e. The van der Waals surface area contributed by atoms with Crippen LogP contribution in [0.4, 0.5) is 13.2 Å². The molecular formula is C14H17F3O3. The maximum Gasteiger partial charge on any atom is 0.573 e. The van der Waals surface area contributed by atoms with Crippen molar-refractivity contribution in [2.45, 2.75) is 50.9 Å². The van der Waals surface area contributed by atoms with Crippen molar-refractivity contribution in [2.75, 3.05) is 0 Å². The molecule has 3 unspecified atom stereocenters. The molecule has 0 amide bonds. The van der Waals surface area contributed by atoms with Crippen molar-refractivity contribution in [1.29, 1.82) is 0 Å². The van der Waals surface area contributed by atoms with Gasteiger partial charge in [-0.05, 0) is 37.5 Å². The summed E-state index contributed by atoms with van der Waals surface area (Å²) in [5.41, 5.74) is 0.746. The summed E-state index contributed by atoms with van der Waals surface area (Å²) in [6.45, 7) is 1.95. The predicted molar refractivity (Wildman–Crippen MR) is 66.4 cm³/mol. The fraction of sp³-hybridized carbons (Fsp3) is 0.571. The van der Waals surface area contributed by atoms with Gasteiger partial charge < -0.3 is 14.6 Å². The van der Waals surface area contributed by atoms with E-state index in [1.165, 1.54) is 24.3 Å². The van der Waals surface area contributed by atoms with Gasteiger partial charge in [0.05, 0.1) is 18.3 Å². The highest BCUT2D eigenvalue weighted by Crippen LogP contribution is 2.25. The van der Waals surface area contributed by atoms with Crippen LogP contribution in [0.25, 0.3) is 0 Å². The molecule has 0 spiro atoms. The van der Waals surface area contributed by atoms with Gasteiger partial charge in [-0.1, -0.05) is 12.1 Å². The molecule has 3 atom stereocenters. The van der Waals surface area contributed by atoms with E-state index < -0.39 is 12.5 Å². The van der Waals surface area contributed by atoms with Crippen LogP contribution in [0, 0.1) is 0 Å². The summed E-state index contributed by atoms with van der Waals surface area (Å²) < 4.78 is 45.4. The molecule has 0 radical (unpaired) electrons. The monoisotopic (exact) mass is 290 g/mol. The fourth-order valence-corrected chi connectivity index (χ4v) is 2.32. The van der Waals surface area contributed by atoms with Gasteiger partial charge in [-0.25, -0.2) is 0 Å². The first-order valence-corrected chi connectivity index (χ1v) is 6.52. The molecule has 1 aliphatic rings. The molecule has 0 aliphatic carbocycles. The second-order valence-electron chi connectivity index (χ2n) is 5.03. The number of rotatable bonds is 4. The van der Waals surface area contributed by atoms with Gasteiger partial charge in [0.25, 0.3) is 0 Å². The van der Waals surface area contributed by atoms with E-state index in [0.717, 1.165) is 18.4 Å². The highest BCUT2D eigenvalue weighted by Gasteiger charge is 2.31. The number of alkyl halides is 3. The summed E-state index contributed by atoms with van der Waals surface area (Å²) in [6, 6.07) is 5.52. The molecule has 1 aromatic carbocycles. The molecule has 1 heterocycles. The summed E-state index contributed by atoms with van der Waals surface area (Å²) in [5, 5.41) is 10.0. The maximum absolute atomic E-state index is 12.0. The van der Waals surface area contributed by atoms with Crippen molar-refractivity contribution < 1.29 is 27.8 Å². The minimum atomic E-state index is -4.69. The molecule has 0 bridgehead atoms. The highest BCUT2D eigenvalue weighted by atomic mass is 19.4. The molecule has 1 aromatic rings. The molecule has 0 aromatic heterocycles. The van der Waals surface area contributed by atoms with Crippen LogP contribution in [0.1, 0.15) is 25.3 Å². The molecule has 6 heteroatoms.